The van der Waals surface area contributed by atoms with Crippen LogP contribution < -0.4 is 5.32 Å². The summed E-state index contributed by atoms with van der Waals surface area (Å²) >= 11 is 0. The molecular formula is C28H36N6O2. The quantitative estimate of drug-likeness (QED) is 0.420. The zero-order valence-corrected chi connectivity index (χ0v) is 21.3. The summed E-state index contributed by atoms with van der Waals surface area (Å²) in [4.78, 5) is 34.0. The third kappa shape index (κ3) is 6.37. The van der Waals surface area contributed by atoms with Crippen molar-refractivity contribution < 1.29 is 9.59 Å². The fraction of sp³-hybridized carbons (Fsp3) is 0.429. The highest BCUT2D eigenvalue weighted by molar-refractivity contribution is 5.94. The number of nitrogens with zero attached hydrogens (tertiary/aromatic N) is 5. The molecular weight excluding hydrogens is 452 g/mol. The van der Waals surface area contributed by atoms with E-state index in [1.807, 2.05) is 53.8 Å². The van der Waals surface area contributed by atoms with E-state index in [1.54, 1.807) is 12.4 Å². The molecule has 0 spiro atoms. The number of pyridine rings is 1. The molecule has 0 saturated carbocycles. The lowest BCUT2D eigenvalue weighted by atomic mass is 10.0. The fourth-order valence-corrected chi connectivity index (χ4v) is 4.75. The molecule has 2 aromatic heterocycles. The van der Waals surface area contributed by atoms with Crippen LogP contribution in [0.5, 0.6) is 0 Å². The molecule has 1 N–H and O–H groups in total. The van der Waals surface area contributed by atoms with Gasteiger partial charge in [-0.05, 0) is 49.9 Å². The Morgan fingerprint density at radius 2 is 1.78 bits per heavy atom. The van der Waals surface area contributed by atoms with Gasteiger partial charge >= 0.3 is 0 Å². The van der Waals surface area contributed by atoms with Gasteiger partial charge in [0.05, 0.1) is 13.1 Å². The second-order valence-electron chi connectivity index (χ2n) is 9.16. The Bertz CT molecular complexity index is 1140. The van der Waals surface area contributed by atoms with Gasteiger partial charge in [0, 0.05) is 62.8 Å². The minimum atomic E-state index is -0.148. The Labute approximate surface area is 213 Å². The number of hydrogen-bond donors (Lipinski definition) is 1. The van der Waals surface area contributed by atoms with Crippen molar-refractivity contribution in [2.75, 3.05) is 32.7 Å². The number of amides is 2. The van der Waals surface area contributed by atoms with Gasteiger partial charge in [-0.15, -0.1) is 0 Å². The highest BCUT2D eigenvalue weighted by Gasteiger charge is 2.29. The molecule has 1 aliphatic heterocycles. The van der Waals surface area contributed by atoms with E-state index in [4.69, 9.17) is 5.10 Å². The molecule has 0 fully saturated rings. The zero-order chi connectivity index (χ0) is 25.3. The molecule has 8 nitrogen and oxygen atoms in total. The predicted molar refractivity (Wildman–Crippen MR) is 140 cm³/mol. The van der Waals surface area contributed by atoms with E-state index in [1.165, 1.54) is 5.56 Å². The normalized spacial score (nSPS) is 13.3. The summed E-state index contributed by atoms with van der Waals surface area (Å²) in [5.74, 6) is -0.0238. The minimum Gasteiger partial charge on any atom is -0.351 e. The monoisotopic (exact) mass is 488 g/mol. The molecule has 190 valence electrons. The predicted octanol–water partition coefficient (Wildman–Crippen LogP) is 2.92. The van der Waals surface area contributed by atoms with Crippen LogP contribution in [0.4, 0.5) is 0 Å². The second kappa shape index (κ2) is 12.4. The van der Waals surface area contributed by atoms with E-state index in [0.717, 1.165) is 42.6 Å². The van der Waals surface area contributed by atoms with E-state index in [0.29, 0.717) is 45.0 Å². The summed E-state index contributed by atoms with van der Waals surface area (Å²) in [7, 11) is 0. The topological polar surface area (TPSA) is 83.4 Å². The molecule has 3 heterocycles. The average molecular weight is 489 g/mol. The Kier molecular flexibility index (Phi) is 8.84. The first kappa shape index (κ1) is 25.6. The maximum atomic E-state index is 13.2. The summed E-state index contributed by atoms with van der Waals surface area (Å²) in [5.41, 5.74) is 4.83. The largest absolute Gasteiger partial charge is 0.351 e. The van der Waals surface area contributed by atoms with Crippen LogP contribution in [0, 0.1) is 0 Å². The standard InChI is InChI=1S/C28H36N6O2/c1-3-33(4-2)26(35)21-32-18-14-25-24(20-32)27(31-34(25)19-23-12-16-29-17-13-23)28(36)30-15-8-11-22-9-6-5-7-10-22/h5-7,9-10,12-13,16-17H,3-4,8,11,14-15,18-21H2,1-2H3,(H,30,36). The van der Waals surface area contributed by atoms with Crippen molar-refractivity contribution in [3.05, 3.63) is 82.9 Å². The summed E-state index contributed by atoms with van der Waals surface area (Å²) < 4.78 is 1.95. The molecule has 0 aliphatic carbocycles. The van der Waals surface area contributed by atoms with Crippen LogP contribution in [0.25, 0.3) is 0 Å². The van der Waals surface area contributed by atoms with Gasteiger partial charge in [-0.3, -0.25) is 24.2 Å². The van der Waals surface area contributed by atoms with Crippen LogP contribution in [0.2, 0.25) is 0 Å². The number of carbonyl (C=O) groups excluding carboxylic acids is 2. The van der Waals surface area contributed by atoms with Crippen molar-refractivity contribution in [3.8, 4) is 0 Å². The lowest BCUT2D eigenvalue weighted by Gasteiger charge is -2.29. The summed E-state index contributed by atoms with van der Waals surface area (Å²) in [5, 5.41) is 7.84. The van der Waals surface area contributed by atoms with Crippen molar-refractivity contribution in [2.45, 2.75) is 46.2 Å². The number of benzene rings is 1. The molecule has 8 heteroatoms. The molecule has 36 heavy (non-hydrogen) atoms. The van der Waals surface area contributed by atoms with Crippen LogP contribution in [0.3, 0.4) is 0 Å². The Balaban J connectivity index is 1.48. The molecule has 4 rings (SSSR count). The Hall–Kier alpha value is -3.52. The number of fused-ring (bicyclic) bond motifs is 1. The minimum absolute atomic E-state index is 0.125. The molecule has 0 atom stereocenters. The van der Waals surface area contributed by atoms with Gasteiger partial charge in [-0.2, -0.15) is 5.10 Å². The van der Waals surface area contributed by atoms with E-state index in [2.05, 4.69) is 27.3 Å². The summed E-state index contributed by atoms with van der Waals surface area (Å²) in [6, 6.07) is 14.2. The third-order valence-electron chi connectivity index (χ3n) is 6.76. The molecule has 3 aromatic rings. The van der Waals surface area contributed by atoms with E-state index < -0.39 is 0 Å². The number of aromatic nitrogens is 3. The van der Waals surface area contributed by atoms with Crippen LogP contribution in [-0.4, -0.2) is 69.1 Å². The van der Waals surface area contributed by atoms with Gasteiger partial charge in [-0.25, -0.2) is 0 Å². The number of nitrogens with one attached hydrogen (secondary N) is 1. The highest BCUT2D eigenvalue weighted by Crippen LogP contribution is 2.24. The average Bonchev–Trinajstić information content (AvgIpc) is 3.26. The highest BCUT2D eigenvalue weighted by atomic mass is 16.2. The van der Waals surface area contributed by atoms with E-state index in [9.17, 15) is 9.59 Å². The first-order valence-corrected chi connectivity index (χ1v) is 12.9. The first-order chi connectivity index (χ1) is 17.6. The fourth-order valence-electron chi connectivity index (χ4n) is 4.75. The van der Waals surface area contributed by atoms with Gasteiger partial charge in [-0.1, -0.05) is 30.3 Å². The van der Waals surface area contributed by atoms with Crippen molar-refractivity contribution in [1.29, 1.82) is 0 Å². The molecule has 1 aromatic carbocycles. The van der Waals surface area contributed by atoms with Gasteiger partial charge in [0.1, 0.15) is 0 Å². The maximum absolute atomic E-state index is 13.2. The first-order valence-electron chi connectivity index (χ1n) is 12.9. The van der Waals surface area contributed by atoms with Crippen LogP contribution >= 0.6 is 0 Å². The van der Waals surface area contributed by atoms with E-state index >= 15 is 0 Å². The van der Waals surface area contributed by atoms with Crippen molar-refractivity contribution >= 4 is 11.8 Å². The number of likely N-dealkylation sites (N-methyl/N-ethyl adjacent to an activating group) is 1. The van der Waals surface area contributed by atoms with E-state index in [-0.39, 0.29) is 11.8 Å². The summed E-state index contributed by atoms with van der Waals surface area (Å²) in [6.45, 7) is 8.25. The lowest BCUT2D eigenvalue weighted by Crippen LogP contribution is -2.42. The molecule has 0 unspecified atom stereocenters. The van der Waals surface area contributed by atoms with Crippen molar-refractivity contribution in [2.24, 2.45) is 0 Å². The maximum Gasteiger partial charge on any atom is 0.272 e. The molecule has 1 aliphatic rings. The second-order valence-corrected chi connectivity index (χ2v) is 9.16. The Morgan fingerprint density at radius 1 is 1.03 bits per heavy atom. The molecule has 2 amide bonds. The summed E-state index contributed by atoms with van der Waals surface area (Å²) in [6.07, 6.45) is 6.07. The van der Waals surface area contributed by atoms with Crippen molar-refractivity contribution in [3.63, 3.8) is 0 Å². The SMILES string of the molecule is CCN(CC)C(=O)CN1CCc2c(c(C(=O)NCCCc3ccccc3)nn2Cc2ccncc2)C1. The number of carbonyl (C=O) groups is 2. The number of hydrogen-bond acceptors (Lipinski definition) is 5. The number of rotatable bonds is 11. The van der Waals surface area contributed by atoms with Crippen LogP contribution in [-0.2, 0) is 30.7 Å². The smallest absolute Gasteiger partial charge is 0.272 e. The van der Waals surface area contributed by atoms with Gasteiger partial charge in [0.15, 0.2) is 5.69 Å². The molecule has 0 bridgehead atoms. The molecule has 0 radical (unpaired) electrons. The number of aryl methyl sites for hydroxylation is 1. The zero-order valence-electron chi connectivity index (χ0n) is 21.3. The van der Waals surface area contributed by atoms with Crippen molar-refractivity contribution in [1.82, 2.24) is 29.9 Å². The third-order valence-corrected chi connectivity index (χ3v) is 6.76. The van der Waals surface area contributed by atoms with Crippen LogP contribution in [0.15, 0.2) is 54.9 Å². The van der Waals surface area contributed by atoms with Gasteiger partial charge in [0.25, 0.3) is 5.91 Å². The Morgan fingerprint density at radius 3 is 2.50 bits per heavy atom. The van der Waals surface area contributed by atoms with Gasteiger partial charge in [0.2, 0.25) is 5.91 Å². The van der Waals surface area contributed by atoms with Crippen LogP contribution in [0.1, 0.15) is 53.1 Å². The van der Waals surface area contributed by atoms with Gasteiger partial charge < -0.3 is 10.2 Å². The lowest BCUT2D eigenvalue weighted by molar-refractivity contribution is -0.132. The molecule has 0 saturated heterocycles.